The second-order valence-electron chi connectivity index (χ2n) is 5.63. The number of anilines is 1. The van der Waals surface area contributed by atoms with Crippen LogP contribution in [0.1, 0.15) is 39.0 Å². The summed E-state index contributed by atoms with van der Waals surface area (Å²) in [5.74, 6) is 0.692. The Bertz CT molecular complexity index is 444. The van der Waals surface area contributed by atoms with Gasteiger partial charge in [-0.15, -0.1) is 0 Å². The summed E-state index contributed by atoms with van der Waals surface area (Å²) in [4.78, 5) is 11.9. The average Bonchev–Trinajstić information content (AvgIpc) is 2.46. The van der Waals surface area contributed by atoms with Crippen LogP contribution in [-0.2, 0) is 4.79 Å². The molecular weight excluding hydrogens is 272 g/mol. The third kappa shape index (κ3) is 4.80. The molecule has 2 rings (SSSR count). The summed E-state index contributed by atoms with van der Waals surface area (Å²) in [5.41, 5.74) is 0.745. The first-order valence-corrected chi connectivity index (χ1v) is 7.82. The Kier molecular flexibility index (Phi) is 5.86. The van der Waals surface area contributed by atoms with E-state index in [1.807, 2.05) is 12.1 Å². The first kappa shape index (κ1) is 15.3. The molecule has 0 aromatic heterocycles. The predicted octanol–water partition coefficient (Wildman–Crippen LogP) is 3.84. The number of carbonyl (C=O) groups excluding carboxylic acids is 1. The molecule has 1 aromatic carbocycles. The van der Waals surface area contributed by atoms with E-state index >= 15 is 0 Å². The van der Waals surface area contributed by atoms with Gasteiger partial charge in [-0.2, -0.15) is 0 Å². The Hall–Kier alpha value is -1.06. The second-order valence-corrected chi connectivity index (χ2v) is 6.06. The van der Waals surface area contributed by atoms with Gasteiger partial charge in [0.2, 0.25) is 5.91 Å². The fraction of sp³-hybridized carbons (Fsp3) is 0.562. The fourth-order valence-corrected chi connectivity index (χ4v) is 3.02. The average molecular weight is 295 g/mol. The van der Waals surface area contributed by atoms with Crippen molar-refractivity contribution in [2.24, 2.45) is 5.92 Å². The lowest BCUT2D eigenvalue weighted by atomic mass is 9.84. The lowest BCUT2D eigenvalue weighted by molar-refractivity contribution is -0.115. The van der Waals surface area contributed by atoms with Gasteiger partial charge in [-0.3, -0.25) is 4.79 Å². The van der Waals surface area contributed by atoms with Gasteiger partial charge < -0.3 is 10.6 Å². The van der Waals surface area contributed by atoms with E-state index < -0.39 is 0 Å². The number of carbonyl (C=O) groups is 1. The smallest absolute Gasteiger partial charge is 0.238 e. The number of nitrogens with one attached hydrogen (secondary N) is 2. The molecule has 0 aliphatic heterocycles. The van der Waals surface area contributed by atoms with E-state index in [-0.39, 0.29) is 5.91 Å². The lowest BCUT2D eigenvalue weighted by Gasteiger charge is -2.28. The fourth-order valence-electron chi connectivity index (χ4n) is 2.83. The van der Waals surface area contributed by atoms with E-state index in [1.165, 1.54) is 32.1 Å². The Morgan fingerprint density at radius 2 is 2.10 bits per heavy atom. The van der Waals surface area contributed by atoms with E-state index in [0.29, 0.717) is 23.5 Å². The van der Waals surface area contributed by atoms with Crippen molar-refractivity contribution in [3.8, 4) is 0 Å². The van der Waals surface area contributed by atoms with Crippen LogP contribution in [0.5, 0.6) is 0 Å². The monoisotopic (exact) mass is 294 g/mol. The number of hydrogen-bond donors (Lipinski definition) is 2. The van der Waals surface area contributed by atoms with E-state index in [1.54, 1.807) is 12.1 Å². The molecule has 20 heavy (non-hydrogen) atoms. The summed E-state index contributed by atoms with van der Waals surface area (Å²) < 4.78 is 0. The molecule has 1 saturated carbocycles. The molecule has 1 aliphatic rings. The zero-order chi connectivity index (χ0) is 14.4. The van der Waals surface area contributed by atoms with Crippen molar-refractivity contribution in [3.05, 3.63) is 29.3 Å². The van der Waals surface area contributed by atoms with E-state index in [4.69, 9.17) is 11.6 Å². The molecule has 1 atom stereocenters. The third-order valence-electron chi connectivity index (χ3n) is 4.05. The van der Waals surface area contributed by atoms with Crippen molar-refractivity contribution in [1.29, 1.82) is 0 Å². The summed E-state index contributed by atoms with van der Waals surface area (Å²) >= 11 is 5.89. The molecule has 0 bridgehead atoms. The van der Waals surface area contributed by atoms with Crippen molar-refractivity contribution in [2.45, 2.75) is 45.1 Å². The molecule has 2 N–H and O–H groups in total. The SMILES string of the molecule is C[C@@H](NCC(=O)Nc1cccc(Cl)c1)C1CCCCC1. The summed E-state index contributed by atoms with van der Waals surface area (Å²) in [5, 5.41) is 6.83. The van der Waals surface area contributed by atoms with Gasteiger partial charge in [0.15, 0.2) is 0 Å². The molecule has 0 heterocycles. The highest BCUT2D eigenvalue weighted by atomic mass is 35.5. The minimum absolute atomic E-state index is 0.0186. The molecular formula is C16H23ClN2O. The van der Waals surface area contributed by atoms with Crippen LogP contribution in [0.15, 0.2) is 24.3 Å². The van der Waals surface area contributed by atoms with Gasteiger partial charge in [0, 0.05) is 16.8 Å². The number of halogens is 1. The number of hydrogen-bond acceptors (Lipinski definition) is 2. The van der Waals surface area contributed by atoms with Crippen LogP contribution in [0.4, 0.5) is 5.69 Å². The first-order valence-electron chi connectivity index (χ1n) is 7.44. The first-order chi connectivity index (χ1) is 9.65. The van der Waals surface area contributed by atoms with E-state index in [9.17, 15) is 4.79 Å². The van der Waals surface area contributed by atoms with Gasteiger partial charge in [0.1, 0.15) is 0 Å². The van der Waals surface area contributed by atoms with Gasteiger partial charge >= 0.3 is 0 Å². The van der Waals surface area contributed by atoms with Gasteiger partial charge in [-0.25, -0.2) is 0 Å². The van der Waals surface area contributed by atoms with Gasteiger partial charge in [-0.05, 0) is 43.9 Å². The Balaban J connectivity index is 1.74. The molecule has 0 radical (unpaired) electrons. The van der Waals surface area contributed by atoms with Crippen LogP contribution in [-0.4, -0.2) is 18.5 Å². The van der Waals surface area contributed by atoms with Crippen LogP contribution < -0.4 is 10.6 Å². The molecule has 110 valence electrons. The van der Waals surface area contributed by atoms with E-state index in [2.05, 4.69) is 17.6 Å². The van der Waals surface area contributed by atoms with Crippen molar-refractivity contribution >= 4 is 23.2 Å². The highest BCUT2D eigenvalue weighted by Crippen LogP contribution is 2.26. The van der Waals surface area contributed by atoms with Gasteiger partial charge in [-0.1, -0.05) is 36.9 Å². The maximum Gasteiger partial charge on any atom is 0.238 e. The second kappa shape index (κ2) is 7.65. The highest BCUT2D eigenvalue weighted by molar-refractivity contribution is 6.30. The number of benzene rings is 1. The molecule has 1 aliphatic carbocycles. The van der Waals surface area contributed by atoms with Gasteiger partial charge in [0.25, 0.3) is 0 Å². The lowest BCUT2D eigenvalue weighted by Crippen LogP contribution is -2.39. The molecule has 3 nitrogen and oxygen atoms in total. The third-order valence-corrected chi connectivity index (χ3v) is 4.29. The summed E-state index contributed by atoms with van der Waals surface area (Å²) in [6, 6.07) is 7.62. The number of amides is 1. The van der Waals surface area contributed by atoms with Crippen LogP contribution in [0.25, 0.3) is 0 Å². The van der Waals surface area contributed by atoms with Crippen molar-refractivity contribution in [3.63, 3.8) is 0 Å². The molecule has 4 heteroatoms. The predicted molar refractivity (Wildman–Crippen MR) is 84.1 cm³/mol. The topological polar surface area (TPSA) is 41.1 Å². The zero-order valence-electron chi connectivity index (χ0n) is 12.0. The van der Waals surface area contributed by atoms with Crippen molar-refractivity contribution < 1.29 is 4.79 Å². The molecule has 0 unspecified atom stereocenters. The molecule has 1 fully saturated rings. The zero-order valence-corrected chi connectivity index (χ0v) is 12.7. The number of rotatable bonds is 5. The summed E-state index contributed by atoms with van der Waals surface area (Å²) in [7, 11) is 0. The maximum atomic E-state index is 11.9. The van der Waals surface area contributed by atoms with Crippen LogP contribution in [0.2, 0.25) is 5.02 Å². The molecule has 0 saturated heterocycles. The van der Waals surface area contributed by atoms with Gasteiger partial charge in [0.05, 0.1) is 6.54 Å². The standard InChI is InChI=1S/C16H23ClN2O/c1-12(13-6-3-2-4-7-13)18-11-16(20)19-15-9-5-8-14(17)10-15/h5,8-10,12-13,18H,2-4,6-7,11H2,1H3,(H,19,20)/t12-/m1/s1. The summed E-state index contributed by atoms with van der Waals surface area (Å²) in [6.07, 6.45) is 6.57. The molecule has 1 amide bonds. The van der Waals surface area contributed by atoms with Crippen molar-refractivity contribution in [2.75, 3.05) is 11.9 Å². The quantitative estimate of drug-likeness (QED) is 0.866. The minimum atomic E-state index is -0.0186. The highest BCUT2D eigenvalue weighted by Gasteiger charge is 2.20. The van der Waals surface area contributed by atoms with E-state index in [0.717, 1.165) is 5.69 Å². The van der Waals surface area contributed by atoms with Crippen LogP contribution >= 0.6 is 11.6 Å². The van der Waals surface area contributed by atoms with Crippen LogP contribution in [0, 0.1) is 5.92 Å². The Morgan fingerprint density at radius 3 is 2.80 bits per heavy atom. The Morgan fingerprint density at radius 1 is 1.35 bits per heavy atom. The Labute approximate surface area is 126 Å². The normalized spacial score (nSPS) is 17.7. The van der Waals surface area contributed by atoms with Crippen LogP contribution in [0.3, 0.4) is 0 Å². The molecule has 1 aromatic rings. The largest absolute Gasteiger partial charge is 0.325 e. The maximum absolute atomic E-state index is 11.9. The molecule has 0 spiro atoms. The minimum Gasteiger partial charge on any atom is -0.325 e. The summed E-state index contributed by atoms with van der Waals surface area (Å²) in [6.45, 7) is 2.53. The van der Waals surface area contributed by atoms with Crippen molar-refractivity contribution in [1.82, 2.24) is 5.32 Å².